The van der Waals surface area contributed by atoms with E-state index in [0.717, 1.165) is 17.1 Å². The lowest BCUT2D eigenvalue weighted by molar-refractivity contribution is 0.0284. The number of nitrogens with zero attached hydrogens (tertiary/aromatic N) is 1. The summed E-state index contributed by atoms with van der Waals surface area (Å²) < 4.78 is 39.0. The molecular formula is C15H28N2O5S. The van der Waals surface area contributed by atoms with Crippen LogP contribution in [0.1, 0.15) is 47.0 Å². The maximum Gasteiger partial charge on any atom is 0.425 e. The molecule has 0 radical (unpaired) electrons. The minimum Gasteiger partial charge on any atom is -0.443 e. The van der Waals surface area contributed by atoms with E-state index in [0.29, 0.717) is 13.0 Å². The highest BCUT2D eigenvalue weighted by molar-refractivity contribution is 7.87. The van der Waals surface area contributed by atoms with Gasteiger partial charge in [0, 0.05) is 12.6 Å². The van der Waals surface area contributed by atoms with Gasteiger partial charge < -0.3 is 9.47 Å². The van der Waals surface area contributed by atoms with E-state index in [9.17, 15) is 13.2 Å². The molecule has 7 nitrogen and oxygen atoms in total. The van der Waals surface area contributed by atoms with E-state index in [1.165, 1.54) is 0 Å². The first-order chi connectivity index (χ1) is 10.5. The lowest BCUT2D eigenvalue weighted by atomic mass is 10.2. The van der Waals surface area contributed by atoms with E-state index >= 15 is 0 Å². The van der Waals surface area contributed by atoms with Crippen molar-refractivity contribution in [2.24, 2.45) is 0 Å². The van der Waals surface area contributed by atoms with Crippen LogP contribution in [0.5, 0.6) is 0 Å². The summed E-state index contributed by atoms with van der Waals surface area (Å²) in [5, 5.41) is 0. The van der Waals surface area contributed by atoms with Gasteiger partial charge in [0.25, 0.3) is 0 Å². The molecule has 1 amide bonds. The van der Waals surface area contributed by atoms with Crippen molar-refractivity contribution in [1.82, 2.24) is 9.03 Å². The molecule has 0 aromatic carbocycles. The van der Waals surface area contributed by atoms with E-state index in [2.05, 4.69) is 11.3 Å². The molecule has 1 fully saturated rings. The fourth-order valence-corrected chi connectivity index (χ4v) is 3.50. The zero-order valence-corrected chi connectivity index (χ0v) is 15.2. The van der Waals surface area contributed by atoms with Crippen molar-refractivity contribution in [2.75, 3.05) is 13.2 Å². The van der Waals surface area contributed by atoms with Gasteiger partial charge in [0.2, 0.25) is 0 Å². The third-order valence-corrected chi connectivity index (χ3v) is 4.73. The van der Waals surface area contributed by atoms with Gasteiger partial charge in [-0.3, -0.25) is 0 Å². The number of amides is 1. The van der Waals surface area contributed by atoms with Crippen LogP contribution in [0.2, 0.25) is 0 Å². The third-order valence-electron chi connectivity index (χ3n) is 3.15. The van der Waals surface area contributed by atoms with Crippen LogP contribution in [0.15, 0.2) is 12.7 Å². The standard InChI is InChI=1S/C15H28N2O5S/c1-6-8-12(2)16-23(19,20)17(11-13-9-7-10-21-13)14(18)22-15(3,4)5/h6,12-13,16H,1,7-11H2,2-5H3/t12-,13-/m1/s1. The van der Waals surface area contributed by atoms with Crippen LogP contribution < -0.4 is 4.72 Å². The average Bonchev–Trinajstić information content (AvgIpc) is 2.85. The normalized spacial score (nSPS) is 20.1. The molecule has 1 heterocycles. The highest BCUT2D eigenvalue weighted by Crippen LogP contribution is 2.18. The van der Waals surface area contributed by atoms with E-state index in [4.69, 9.17) is 9.47 Å². The molecule has 1 saturated heterocycles. The molecule has 134 valence electrons. The van der Waals surface area contributed by atoms with Gasteiger partial charge in [-0.2, -0.15) is 17.4 Å². The summed E-state index contributed by atoms with van der Waals surface area (Å²) in [6, 6.07) is -0.369. The van der Waals surface area contributed by atoms with Crippen molar-refractivity contribution < 1.29 is 22.7 Å². The second-order valence-corrected chi connectivity index (χ2v) is 8.32. The molecule has 8 heteroatoms. The Balaban J connectivity index is 2.91. The summed E-state index contributed by atoms with van der Waals surface area (Å²) in [5.41, 5.74) is -0.784. The predicted octanol–water partition coefficient (Wildman–Crippen LogP) is 2.20. The summed E-state index contributed by atoms with van der Waals surface area (Å²) >= 11 is 0. The van der Waals surface area contributed by atoms with Crippen molar-refractivity contribution in [3.8, 4) is 0 Å². The number of carbonyl (C=O) groups is 1. The molecule has 0 saturated carbocycles. The maximum atomic E-state index is 12.6. The zero-order chi connectivity index (χ0) is 17.7. The van der Waals surface area contributed by atoms with E-state index in [-0.39, 0.29) is 18.7 Å². The van der Waals surface area contributed by atoms with E-state index in [1.807, 2.05) is 0 Å². The first-order valence-electron chi connectivity index (χ1n) is 7.80. The zero-order valence-electron chi connectivity index (χ0n) is 14.4. The van der Waals surface area contributed by atoms with Crippen molar-refractivity contribution in [1.29, 1.82) is 0 Å². The average molecular weight is 348 g/mol. The quantitative estimate of drug-likeness (QED) is 0.713. The van der Waals surface area contributed by atoms with Gasteiger partial charge in [-0.15, -0.1) is 6.58 Å². The molecule has 1 rings (SSSR count). The monoisotopic (exact) mass is 348 g/mol. The maximum absolute atomic E-state index is 12.6. The number of nitrogens with one attached hydrogen (secondary N) is 1. The molecule has 0 aromatic rings. The molecular weight excluding hydrogens is 320 g/mol. The summed E-state index contributed by atoms with van der Waals surface area (Å²) in [6.45, 7) is 10.9. The van der Waals surface area contributed by atoms with Crippen LogP contribution in [-0.2, 0) is 19.7 Å². The Hall–Kier alpha value is -1.12. The largest absolute Gasteiger partial charge is 0.443 e. The van der Waals surface area contributed by atoms with Gasteiger partial charge in [0.05, 0.1) is 12.6 Å². The Morgan fingerprint density at radius 1 is 1.52 bits per heavy atom. The third kappa shape index (κ3) is 6.88. The molecule has 0 unspecified atom stereocenters. The van der Waals surface area contributed by atoms with E-state index < -0.39 is 21.9 Å². The molecule has 0 aromatic heterocycles. The predicted molar refractivity (Wildman–Crippen MR) is 88.2 cm³/mol. The van der Waals surface area contributed by atoms with Crippen LogP contribution in [0, 0.1) is 0 Å². The van der Waals surface area contributed by atoms with Gasteiger partial charge in [0.1, 0.15) is 5.60 Å². The van der Waals surface area contributed by atoms with Crippen LogP contribution in [0.4, 0.5) is 4.79 Å². The molecule has 0 spiro atoms. The Morgan fingerprint density at radius 2 is 2.17 bits per heavy atom. The number of rotatable bonds is 7. The Labute approximate surface area is 139 Å². The Morgan fingerprint density at radius 3 is 2.65 bits per heavy atom. The van der Waals surface area contributed by atoms with Gasteiger partial charge >= 0.3 is 16.3 Å². The second kappa shape index (κ2) is 8.12. The Bertz CT molecular complexity index is 506. The molecule has 1 aliphatic rings. The molecule has 1 aliphatic heterocycles. The summed E-state index contributed by atoms with van der Waals surface area (Å²) in [5.74, 6) is 0. The summed E-state index contributed by atoms with van der Waals surface area (Å²) in [6.07, 6.45) is 2.46. The molecule has 0 bridgehead atoms. The van der Waals surface area contributed by atoms with Gasteiger partial charge in [-0.1, -0.05) is 6.08 Å². The Kier molecular flexibility index (Phi) is 7.03. The molecule has 23 heavy (non-hydrogen) atoms. The van der Waals surface area contributed by atoms with Crippen LogP contribution in [0.3, 0.4) is 0 Å². The van der Waals surface area contributed by atoms with Crippen LogP contribution >= 0.6 is 0 Å². The van der Waals surface area contributed by atoms with E-state index in [1.54, 1.807) is 33.8 Å². The summed E-state index contributed by atoms with van der Waals surface area (Å²) in [4.78, 5) is 12.3. The summed E-state index contributed by atoms with van der Waals surface area (Å²) in [7, 11) is -4.02. The van der Waals surface area contributed by atoms with Gasteiger partial charge in [0.15, 0.2) is 0 Å². The fraction of sp³-hybridized carbons (Fsp3) is 0.800. The smallest absolute Gasteiger partial charge is 0.425 e. The minimum absolute atomic E-state index is 0.0505. The minimum atomic E-state index is -4.02. The number of carbonyl (C=O) groups excluding carboxylic acids is 1. The lowest BCUT2D eigenvalue weighted by Crippen LogP contribution is -2.51. The van der Waals surface area contributed by atoms with Crippen molar-refractivity contribution in [2.45, 2.75) is 64.7 Å². The highest BCUT2D eigenvalue weighted by atomic mass is 32.2. The lowest BCUT2D eigenvalue weighted by Gasteiger charge is -2.29. The highest BCUT2D eigenvalue weighted by Gasteiger charge is 2.35. The number of hydrogen-bond acceptors (Lipinski definition) is 5. The SMILES string of the molecule is C=CC[C@@H](C)NS(=O)(=O)N(C[C@H]1CCCO1)C(=O)OC(C)(C)C. The molecule has 0 aliphatic carbocycles. The molecule has 2 atom stereocenters. The van der Waals surface area contributed by atoms with Crippen molar-refractivity contribution in [3.63, 3.8) is 0 Å². The van der Waals surface area contributed by atoms with Gasteiger partial charge in [-0.25, -0.2) is 4.79 Å². The van der Waals surface area contributed by atoms with Crippen molar-refractivity contribution in [3.05, 3.63) is 12.7 Å². The second-order valence-electron chi connectivity index (χ2n) is 6.69. The topological polar surface area (TPSA) is 84.9 Å². The first kappa shape index (κ1) is 19.9. The number of hydrogen-bond donors (Lipinski definition) is 1. The molecule has 1 N–H and O–H groups in total. The van der Waals surface area contributed by atoms with Crippen LogP contribution in [-0.4, -0.2) is 49.7 Å². The van der Waals surface area contributed by atoms with Crippen molar-refractivity contribution >= 4 is 16.3 Å². The number of ether oxygens (including phenoxy) is 2. The first-order valence-corrected chi connectivity index (χ1v) is 9.24. The van der Waals surface area contributed by atoms with Crippen LogP contribution in [0.25, 0.3) is 0 Å². The fourth-order valence-electron chi connectivity index (χ4n) is 2.17. The van der Waals surface area contributed by atoms with Gasteiger partial charge in [-0.05, 0) is 47.0 Å².